The maximum absolute atomic E-state index is 6.64. The predicted molar refractivity (Wildman–Crippen MR) is 111 cm³/mol. The number of likely N-dealkylation sites (tertiary alicyclic amines) is 1. The third kappa shape index (κ3) is 3.18. The van der Waals surface area contributed by atoms with Crippen molar-refractivity contribution in [3.05, 3.63) is 41.6 Å². The molecule has 148 valence electrons. The van der Waals surface area contributed by atoms with Gasteiger partial charge in [-0.25, -0.2) is 4.98 Å². The summed E-state index contributed by atoms with van der Waals surface area (Å²) in [5.74, 6) is 1.75. The van der Waals surface area contributed by atoms with Gasteiger partial charge in [0.15, 0.2) is 0 Å². The summed E-state index contributed by atoms with van der Waals surface area (Å²) in [6.07, 6.45) is 8.81. The van der Waals surface area contributed by atoms with Crippen LogP contribution in [0, 0.1) is 6.92 Å². The highest BCUT2D eigenvalue weighted by molar-refractivity contribution is 5.68. The van der Waals surface area contributed by atoms with E-state index in [0.29, 0.717) is 5.88 Å². The lowest BCUT2D eigenvalue weighted by Gasteiger charge is -2.48. The van der Waals surface area contributed by atoms with E-state index in [-0.39, 0.29) is 5.60 Å². The van der Waals surface area contributed by atoms with Crippen molar-refractivity contribution in [3.63, 3.8) is 0 Å². The summed E-state index contributed by atoms with van der Waals surface area (Å²) in [5, 5.41) is 0. The number of hydrogen-bond donors (Lipinski definition) is 0. The molecule has 1 saturated heterocycles. The Morgan fingerprint density at radius 2 is 1.93 bits per heavy atom. The van der Waals surface area contributed by atoms with E-state index in [2.05, 4.69) is 34.1 Å². The molecule has 1 saturated carbocycles. The fourth-order valence-corrected chi connectivity index (χ4v) is 5.05. The molecule has 1 spiro atoms. The topological polar surface area (TPSA) is 34.6 Å². The van der Waals surface area contributed by atoms with Gasteiger partial charge in [-0.2, -0.15) is 0 Å². The number of nitrogens with zero attached hydrogens (tertiary/aromatic N) is 2. The third-order valence-electron chi connectivity index (χ3n) is 7.12. The van der Waals surface area contributed by atoms with Crippen molar-refractivity contribution in [2.24, 2.45) is 0 Å². The second kappa shape index (κ2) is 7.07. The lowest BCUT2D eigenvalue weighted by Crippen LogP contribution is -2.53. The lowest BCUT2D eigenvalue weighted by atomic mass is 9.81. The fourth-order valence-electron chi connectivity index (χ4n) is 5.05. The van der Waals surface area contributed by atoms with E-state index >= 15 is 0 Å². The minimum absolute atomic E-state index is 0.0619. The number of aromatic nitrogens is 1. The monoisotopic (exact) mass is 378 g/mol. The zero-order valence-corrected chi connectivity index (χ0v) is 17.0. The number of aryl methyl sites for hydroxylation is 2. The maximum Gasteiger partial charge on any atom is 0.213 e. The Morgan fingerprint density at radius 3 is 2.61 bits per heavy atom. The van der Waals surface area contributed by atoms with E-state index in [1.54, 1.807) is 7.11 Å². The minimum atomic E-state index is 0.0619. The summed E-state index contributed by atoms with van der Waals surface area (Å²) in [5.41, 5.74) is 4.77. The molecule has 2 aromatic rings. The van der Waals surface area contributed by atoms with Crippen molar-refractivity contribution in [1.82, 2.24) is 9.88 Å². The normalized spacial score (nSPS) is 21.6. The lowest BCUT2D eigenvalue weighted by molar-refractivity contribution is -0.0336. The number of piperidine rings is 1. The summed E-state index contributed by atoms with van der Waals surface area (Å²) >= 11 is 0. The molecule has 2 fully saturated rings. The van der Waals surface area contributed by atoms with Crippen LogP contribution in [0.5, 0.6) is 11.6 Å². The molecule has 0 radical (unpaired) electrons. The van der Waals surface area contributed by atoms with Crippen LogP contribution in [0.2, 0.25) is 0 Å². The van der Waals surface area contributed by atoms with Gasteiger partial charge in [-0.3, -0.25) is 0 Å². The molecule has 0 bridgehead atoms. The molecule has 0 unspecified atom stereocenters. The maximum atomic E-state index is 6.64. The van der Waals surface area contributed by atoms with Crippen LogP contribution in [0.1, 0.15) is 49.8 Å². The molecule has 0 N–H and O–H groups in total. The van der Waals surface area contributed by atoms with Gasteiger partial charge in [0.2, 0.25) is 5.88 Å². The van der Waals surface area contributed by atoms with E-state index in [0.717, 1.165) is 35.9 Å². The van der Waals surface area contributed by atoms with Gasteiger partial charge in [0, 0.05) is 36.5 Å². The van der Waals surface area contributed by atoms with E-state index in [1.165, 1.54) is 56.3 Å². The van der Waals surface area contributed by atoms with Crippen LogP contribution in [-0.2, 0) is 6.42 Å². The Morgan fingerprint density at radius 1 is 1.11 bits per heavy atom. The number of pyridine rings is 1. The van der Waals surface area contributed by atoms with Gasteiger partial charge >= 0.3 is 0 Å². The average molecular weight is 379 g/mol. The molecular weight excluding hydrogens is 348 g/mol. The van der Waals surface area contributed by atoms with Crippen molar-refractivity contribution in [1.29, 1.82) is 0 Å². The first kappa shape index (κ1) is 18.0. The molecule has 28 heavy (non-hydrogen) atoms. The average Bonchev–Trinajstić information content (AvgIpc) is 2.68. The van der Waals surface area contributed by atoms with Gasteiger partial charge in [0.05, 0.1) is 7.11 Å². The molecule has 1 aromatic carbocycles. The molecule has 1 aliphatic carbocycles. The third-order valence-corrected chi connectivity index (χ3v) is 7.12. The van der Waals surface area contributed by atoms with Crippen LogP contribution in [-0.4, -0.2) is 41.7 Å². The van der Waals surface area contributed by atoms with Crippen LogP contribution in [0.3, 0.4) is 0 Å². The van der Waals surface area contributed by atoms with Gasteiger partial charge < -0.3 is 14.4 Å². The molecule has 4 nitrogen and oxygen atoms in total. The van der Waals surface area contributed by atoms with E-state index in [1.807, 2.05) is 13.0 Å². The Hall–Kier alpha value is -2.07. The first-order chi connectivity index (χ1) is 13.7. The van der Waals surface area contributed by atoms with Crippen molar-refractivity contribution in [2.75, 3.05) is 20.2 Å². The van der Waals surface area contributed by atoms with Crippen LogP contribution in [0.4, 0.5) is 0 Å². The highest BCUT2D eigenvalue weighted by atomic mass is 16.5. The van der Waals surface area contributed by atoms with E-state index in [4.69, 9.17) is 9.47 Å². The zero-order valence-electron chi connectivity index (χ0n) is 17.0. The predicted octanol–water partition coefficient (Wildman–Crippen LogP) is 4.78. The van der Waals surface area contributed by atoms with E-state index in [9.17, 15) is 0 Å². The molecule has 3 heterocycles. The molecule has 0 amide bonds. The summed E-state index contributed by atoms with van der Waals surface area (Å²) in [6.45, 7) is 4.45. The number of hydrogen-bond acceptors (Lipinski definition) is 4. The van der Waals surface area contributed by atoms with E-state index < -0.39 is 0 Å². The molecule has 5 rings (SSSR count). The summed E-state index contributed by atoms with van der Waals surface area (Å²) < 4.78 is 11.9. The van der Waals surface area contributed by atoms with Gasteiger partial charge in [0.1, 0.15) is 11.4 Å². The second-order valence-electron chi connectivity index (χ2n) is 8.71. The molecule has 1 aromatic heterocycles. The number of benzene rings is 1. The number of ether oxygens (including phenoxy) is 2. The Labute approximate surface area is 167 Å². The molecule has 0 atom stereocenters. The smallest absolute Gasteiger partial charge is 0.213 e. The summed E-state index contributed by atoms with van der Waals surface area (Å²) in [4.78, 5) is 7.23. The quantitative estimate of drug-likeness (QED) is 0.770. The van der Waals surface area contributed by atoms with Crippen molar-refractivity contribution < 1.29 is 9.47 Å². The van der Waals surface area contributed by atoms with Crippen molar-refractivity contribution in [2.45, 2.75) is 63.5 Å². The highest BCUT2D eigenvalue weighted by Gasteiger charge is 2.41. The van der Waals surface area contributed by atoms with Crippen LogP contribution in [0.25, 0.3) is 11.1 Å². The highest BCUT2D eigenvalue weighted by Crippen LogP contribution is 2.42. The largest absolute Gasteiger partial charge is 0.487 e. The van der Waals surface area contributed by atoms with Crippen LogP contribution >= 0.6 is 0 Å². The fraction of sp³-hybridized carbons (Fsp3) is 0.542. The second-order valence-corrected chi connectivity index (χ2v) is 8.71. The Balaban J connectivity index is 1.32. The summed E-state index contributed by atoms with van der Waals surface area (Å²) in [6, 6.07) is 11.5. The number of fused-ring (bicyclic) bond motifs is 1. The number of methoxy groups -OCH3 is 1. The molecule has 2 aliphatic heterocycles. The standard InChI is InChI=1S/C24H30N2O2/c1-17-21(7-9-23(25-17)27-2)18-6-8-22-19(16-18)10-11-24(28-22)12-14-26(15-13-24)20-4-3-5-20/h6-9,16,20H,3-5,10-15H2,1-2H3. The minimum Gasteiger partial charge on any atom is -0.487 e. The SMILES string of the molecule is COc1ccc(-c2ccc3c(c2)CCC2(CCN(C4CCC4)CC2)O3)c(C)n1. The Bertz CT molecular complexity index is 867. The van der Waals surface area contributed by atoms with Crippen molar-refractivity contribution >= 4 is 0 Å². The van der Waals surface area contributed by atoms with Gasteiger partial charge in [-0.15, -0.1) is 0 Å². The first-order valence-corrected chi connectivity index (χ1v) is 10.7. The van der Waals surface area contributed by atoms with Crippen LogP contribution < -0.4 is 9.47 Å². The first-order valence-electron chi connectivity index (χ1n) is 10.7. The number of rotatable bonds is 3. The van der Waals surface area contributed by atoms with Gasteiger partial charge in [-0.05, 0) is 74.8 Å². The van der Waals surface area contributed by atoms with Gasteiger partial charge in [0.25, 0.3) is 0 Å². The van der Waals surface area contributed by atoms with Crippen LogP contribution in [0.15, 0.2) is 30.3 Å². The molecule has 3 aliphatic rings. The zero-order chi connectivity index (χ0) is 19.1. The molecular formula is C24H30N2O2. The Kier molecular flexibility index (Phi) is 4.54. The summed E-state index contributed by atoms with van der Waals surface area (Å²) in [7, 11) is 1.66. The molecule has 4 heteroatoms. The van der Waals surface area contributed by atoms with Crippen molar-refractivity contribution in [3.8, 4) is 22.8 Å². The van der Waals surface area contributed by atoms with Gasteiger partial charge in [-0.1, -0.05) is 12.5 Å².